The van der Waals surface area contributed by atoms with Gasteiger partial charge in [0.2, 0.25) is 0 Å². The molecule has 0 aliphatic carbocycles. The van der Waals surface area contributed by atoms with Crippen LogP contribution >= 0.6 is 0 Å². The third-order valence-electron chi connectivity index (χ3n) is 3.13. The number of hydrogen-bond acceptors (Lipinski definition) is 2. The molecule has 3 N–H and O–H groups in total. The molecule has 0 radical (unpaired) electrons. The lowest BCUT2D eigenvalue weighted by molar-refractivity contribution is 0.950. The maximum atomic E-state index is 5.55. The van der Waals surface area contributed by atoms with Crippen molar-refractivity contribution in [3.05, 3.63) is 54.0 Å². The number of benzene rings is 2. The minimum atomic E-state index is 0.437. The van der Waals surface area contributed by atoms with Gasteiger partial charge in [0, 0.05) is 5.56 Å². The SMILES string of the molecule is Cc1ccc2cc(-c3cnc(CN)[nH]3)ccc2c1. The molecular formula is C15H15N3. The summed E-state index contributed by atoms with van der Waals surface area (Å²) in [6.45, 7) is 2.54. The van der Waals surface area contributed by atoms with E-state index in [0.29, 0.717) is 6.54 Å². The molecule has 0 bridgehead atoms. The monoisotopic (exact) mass is 237 g/mol. The minimum Gasteiger partial charge on any atom is -0.341 e. The number of aromatic nitrogens is 2. The first-order valence-electron chi connectivity index (χ1n) is 6.01. The number of imidazole rings is 1. The summed E-state index contributed by atoms with van der Waals surface area (Å²) in [5.74, 6) is 0.814. The smallest absolute Gasteiger partial charge is 0.120 e. The van der Waals surface area contributed by atoms with Crippen LogP contribution in [0.3, 0.4) is 0 Å². The molecule has 1 heterocycles. The van der Waals surface area contributed by atoms with Gasteiger partial charge in [0.1, 0.15) is 5.82 Å². The zero-order valence-corrected chi connectivity index (χ0v) is 10.3. The molecule has 0 amide bonds. The average molecular weight is 237 g/mol. The fourth-order valence-electron chi connectivity index (χ4n) is 2.15. The summed E-state index contributed by atoms with van der Waals surface area (Å²) in [7, 11) is 0. The van der Waals surface area contributed by atoms with Crippen LogP contribution in [0.1, 0.15) is 11.4 Å². The number of hydrogen-bond donors (Lipinski definition) is 2. The van der Waals surface area contributed by atoms with Gasteiger partial charge < -0.3 is 10.7 Å². The van der Waals surface area contributed by atoms with Crippen molar-refractivity contribution >= 4 is 10.8 Å². The third-order valence-corrected chi connectivity index (χ3v) is 3.13. The zero-order valence-electron chi connectivity index (χ0n) is 10.3. The van der Waals surface area contributed by atoms with Crippen molar-refractivity contribution < 1.29 is 0 Å². The van der Waals surface area contributed by atoms with Gasteiger partial charge in [0.05, 0.1) is 18.4 Å². The highest BCUT2D eigenvalue weighted by atomic mass is 14.9. The molecule has 0 aliphatic heterocycles. The summed E-state index contributed by atoms with van der Waals surface area (Å²) in [6.07, 6.45) is 1.83. The molecule has 2 aromatic carbocycles. The average Bonchev–Trinajstić information content (AvgIpc) is 2.87. The molecule has 3 heteroatoms. The lowest BCUT2D eigenvalue weighted by Gasteiger charge is -2.03. The molecule has 18 heavy (non-hydrogen) atoms. The largest absolute Gasteiger partial charge is 0.341 e. The molecule has 90 valence electrons. The predicted molar refractivity (Wildman–Crippen MR) is 74.2 cm³/mol. The van der Waals surface area contributed by atoms with E-state index in [9.17, 15) is 0 Å². The van der Waals surface area contributed by atoms with Gasteiger partial charge in [-0.25, -0.2) is 4.98 Å². The molecule has 0 aliphatic rings. The minimum absolute atomic E-state index is 0.437. The molecule has 0 atom stereocenters. The quantitative estimate of drug-likeness (QED) is 0.720. The van der Waals surface area contributed by atoms with Gasteiger partial charge in [-0.3, -0.25) is 0 Å². The molecule has 0 saturated heterocycles. The van der Waals surface area contributed by atoms with E-state index in [0.717, 1.165) is 17.1 Å². The van der Waals surface area contributed by atoms with Gasteiger partial charge >= 0.3 is 0 Å². The summed E-state index contributed by atoms with van der Waals surface area (Å²) in [6, 6.07) is 12.9. The van der Waals surface area contributed by atoms with E-state index >= 15 is 0 Å². The first kappa shape index (κ1) is 11.0. The van der Waals surface area contributed by atoms with Crippen molar-refractivity contribution in [3.8, 4) is 11.3 Å². The number of aryl methyl sites for hydroxylation is 1. The van der Waals surface area contributed by atoms with Crippen LogP contribution in [0.25, 0.3) is 22.0 Å². The van der Waals surface area contributed by atoms with Crippen LogP contribution in [0.5, 0.6) is 0 Å². The highest BCUT2D eigenvalue weighted by Gasteiger charge is 2.03. The first-order valence-corrected chi connectivity index (χ1v) is 6.01. The Morgan fingerprint density at radius 1 is 1.11 bits per heavy atom. The van der Waals surface area contributed by atoms with Crippen LogP contribution in [-0.2, 0) is 6.54 Å². The van der Waals surface area contributed by atoms with Crippen LogP contribution in [0.4, 0.5) is 0 Å². The van der Waals surface area contributed by atoms with Crippen LogP contribution in [-0.4, -0.2) is 9.97 Å². The van der Waals surface area contributed by atoms with Crippen molar-refractivity contribution in [2.45, 2.75) is 13.5 Å². The van der Waals surface area contributed by atoms with E-state index in [1.54, 1.807) is 0 Å². The van der Waals surface area contributed by atoms with E-state index in [1.807, 2.05) is 6.20 Å². The zero-order chi connectivity index (χ0) is 12.5. The van der Waals surface area contributed by atoms with Gasteiger partial charge in [-0.05, 0) is 23.8 Å². The van der Waals surface area contributed by atoms with Gasteiger partial charge in [-0.1, -0.05) is 35.9 Å². The van der Waals surface area contributed by atoms with Crippen molar-refractivity contribution in [1.29, 1.82) is 0 Å². The summed E-state index contributed by atoms with van der Waals surface area (Å²) in [5.41, 5.74) is 8.98. The second-order valence-corrected chi connectivity index (χ2v) is 4.51. The predicted octanol–water partition coefficient (Wildman–Crippen LogP) is 3.00. The number of nitrogens with zero attached hydrogens (tertiary/aromatic N) is 1. The van der Waals surface area contributed by atoms with Gasteiger partial charge in [-0.2, -0.15) is 0 Å². The topological polar surface area (TPSA) is 54.7 Å². The first-order chi connectivity index (χ1) is 8.76. The normalized spacial score (nSPS) is 11.0. The van der Waals surface area contributed by atoms with Gasteiger partial charge in [0.15, 0.2) is 0 Å². The molecule has 0 unspecified atom stereocenters. The summed E-state index contributed by atoms with van der Waals surface area (Å²) >= 11 is 0. The number of aromatic amines is 1. The third kappa shape index (κ3) is 1.89. The Morgan fingerprint density at radius 3 is 2.67 bits per heavy atom. The lowest BCUT2D eigenvalue weighted by atomic mass is 10.0. The Kier molecular flexibility index (Phi) is 2.61. The molecular weight excluding hydrogens is 222 g/mol. The van der Waals surface area contributed by atoms with E-state index < -0.39 is 0 Å². The maximum absolute atomic E-state index is 5.55. The highest BCUT2D eigenvalue weighted by Crippen LogP contribution is 2.23. The van der Waals surface area contributed by atoms with Crippen molar-refractivity contribution in [3.63, 3.8) is 0 Å². The number of nitrogens with one attached hydrogen (secondary N) is 1. The summed E-state index contributed by atoms with van der Waals surface area (Å²) in [5, 5.41) is 2.50. The van der Waals surface area contributed by atoms with E-state index in [1.165, 1.54) is 16.3 Å². The van der Waals surface area contributed by atoms with E-state index in [-0.39, 0.29) is 0 Å². The molecule has 1 aromatic heterocycles. The standard InChI is InChI=1S/C15H15N3/c1-10-2-3-12-7-13(5-4-11(12)6-10)14-9-17-15(8-16)18-14/h2-7,9H,8,16H2,1H3,(H,17,18). The summed E-state index contributed by atoms with van der Waals surface area (Å²) in [4.78, 5) is 7.44. The van der Waals surface area contributed by atoms with Crippen molar-refractivity contribution in [2.75, 3.05) is 0 Å². The maximum Gasteiger partial charge on any atom is 0.120 e. The van der Waals surface area contributed by atoms with Gasteiger partial charge in [0.25, 0.3) is 0 Å². The Balaban J connectivity index is 2.10. The second kappa shape index (κ2) is 4.27. The molecule has 3 nitrogen and oxygen atoms in total. The second-order valence-electron chi connectivity index (χ2n) is 4.51. The molecule has 3 aromatic rings. The van der Waals surface area contributed by atoms with Crippen molar-refractivity contribution in [1.82, 2.24) is 9.97 Å². The number of H-pyrrole nitrogens is 1. The fraction of sp³-hybridized carbons (Fsp3) is 0.133. The Morgan fingerprint density at radius 2 is 1.89 bits per heavy atom. The Hall–Kier alpha value is -2.13. The highest BCUT2D eigenvalue weighted by molar-refractivity contribution is 5.87. The van der Waals surface area contributed by atoms with Crippen LogP contribution in [0.2, 0.25) is 0 Å². The number of nitrogens with two attached hydrogens (primary N) is 1. The van der Waals surface area contributed by atoms with Crippen LogP contribution < -0.4 is 5.73 Å². The van der Waals surface area contributed by atoms with Crippen LogP contribution in [0, 0.1) is 6.92 Å². The van der Waals surface area contributed by atoms with Crippen molar-refractivity contribution in [2.24, 2.45) is 5.73 Å². The van der Waals surface area contributed by atoms with E-state index in [4.69, 9.17) is 5.73 Å². The van der Waals surface area contributed by atoms with Gasteiger partial charge in [-0.15, -0.1) is 0 Å². The Bertz CT molecular complexity index is 698. The van der Waals surface area contributed by atoms with E-state index in [2.05, 4.69) is 53.3 Å². The number of rotatable bonds is 2. The molecule has 0 saturated carbocycles. The Labute approximate surface area is 106 Å². The fourth-order valence-corrected chi connectivity index (χ4v) is 2.15. The number of fused-ring (bicyclic) bond motifs is 1. The summed E-state index contributed by atoms with van der Waals surface area (Å²) < 4.78 is 0. The molecule has 3 rings (SSSR count). The lowest BCUT2D eigenvalue weighted by Crippen LogP contribution is -1.97. The van der Waals surface area contributed by atoms with Crippen LogP contribution in [0.15, 0.2) is 42.6 Å². The molecule has 0 fully saturated rings. The molecule has 0 spiro atoms.